The van der Waals surface area contributed by atoms with E-state index in [0.717, 1.165) is 29.4 Å². The van der Waals surface area contributed by atoms with Crippen molar-refractivity contribution < 1.29 is 4.42 Å². The molecule has 0 saturated carbocycles. The molecule has 0 unspecified atom stereocenters. The molecule has 0 fully saturated rings. The molecule has 1 heterocycles. The van der Waals surface area contributed by atoms with Crippen molar-refractivity contribution in [3.63, 3.8) is 0 Å². The Balaban J connectivity index is 2.90. The predicted octanol–water partition coefficient (Wildman–Crippen LogP) is 4.73. The van der Waals surface area contributed by atoms with E-state index in [2.05, 4.69) is 52.8 Å². The van der Waals surface area contributed by atoms with Crippen molar-refractivity contribution in [2.24, 2.45) is 0 Å². The van der Waals surface area contributed by atoms with Crippen molar-refractivity contribution in [1.29, 1.82) is 5.26 Å². The van der Waals surface area contributed by atoms with Gasteiger partial charge in [0.25, 0.3) is 0 Å². The van der Waals surface area contributed by atoms with Crippen LogP contribution in [0.1, 0.15) is 57.1 Å². The molecule has 0 amide bonds. The molecular formula is C17H21NO. The second-order valence-corrected chi connectivity index (χ2v) is 6.00. The molecule has 0 N–H and O–H groups in total. The fourth-order valence-corrected chi connectivity index (χ4v) is 2.51. The molecule has 19 heavy (non-hydrogen) atoms. The van der Waals surface area contributed by atoms with Crippen LogP contribution < -0.4 is 0 Å². The fraction of sp³-hybridized carbons (Fsp3) is 0.471. The Bertz CT molecular complexity index is 650. The Hall–Kier alpha value is -1.75. The topological polar surface area (TPSA) is 36.9 Å². The lowest BCUT2D eigenvalue weighted by Gasteiger charge is -2.20. The number of benzene rings is 1. The number of furan rings is 1. The van der Waals surface area contributed by atoms with Gasteiger partial charge in [0.2, 0.25) is 5.76 Å². The average Bonchev–Trinajstić information content (AvgIpc) is 2.73. The van der Waals surface area contributed by atoms with Crippen LogP contribution in [-0.2, 0) is 18.3 Å². The highest BCUT2D eigenvalue weighted by Gasteiger charge is 2.23. The van der Waals surface area contributed by atoms with Crippen LogP contribution in [0.4, 0.5) is 0 Å². The van der Waals surface area contributed by atoms with Crippen LogP contribution in [0.2, 0.25) is 0 Å². The molecular weight excluding hydrogens is 234 g/mol. The van der Waals surface area contributed by atoms with E-state index in [1.807, 2.05) is 0 Å². The van der Waals surface area contributed by atoms with E-state index >= 15 is 0 Å². The Labute approximate surface area is 115 Å². The van der Waals surface area contributed by atoms with Crippen LogP contribution in [0.25, 0.3) is 11.0 Å². The molecule has 0 saturated heterocycles. The summed E-state index contributed by atoms with van der Waals surface area (Å²) in [7, 11) is 0. The highest BCUT2D eigenvalue weighted by Crippen LogP contribution is 2.36. The largest absolute Gasteiger partial charge is 0.445 e. The molecule has 2 heteroatoms. The third kappa shape index (κ3) is 2.26. The van der Waals surface area contributed by atoms with Crippen molar-refractivity contribution in [3.8, 4) is 6.07 Å². The van der Waals surface area contributed by atoms with Crippen molar-refractivity contribution in [2.75, 3.05) is 0 Å². The van der Waals surface area contributed by atoms with Gasteiger partial charge in [0.15, 0.2) is 0 Å². The monoisotopic (exact) mass is 255 g/mol. The van der Waals surface area contributed by atoms with Crippen LogP contribution in [0.5, 0.6) is 0 Å². The molecule has 1 aromatic heterocycles. The van der Waals surface area contributed by atoms with Crippen LogP contribution in [0, 0.1) is 11.3 Å². The van der Waals surface area contributed by atoms with Gasteiger partial charge in [-0.05, 0) is 29.9 Å². The molecule has 0 radical (unpaired) electrons. The van der Waals surface area contributed by atoms with E-state index in [9.17, 15) is 5.26 Å². The van der Waals surface area contributed by atoms with Crippen LogP contribution in [0.15, 0.2) is 16.5 Å². The maximum atomic E-state index is 9.23. The molecule has 100 valence electrons. The minimum absolute atomic E-state index is 0.0129. The van der Waals surface area contributed by atoms with Crippen molar-refractivity contribution in [3.05, 3.63) is 34.6 Å². The molecule has 0 atom stereocenters. The van der Waals surface area contributed by atoms with E-state index in [1.54, 1.807) is 0 Å². The first kappa shape index (κ1) is 13.7. The van der Waals surface area contributed by atoms with Crippen molar-refractivity contribution in [1.82, 2.24) is 0 Å². The van der Waals surface area contributed by atoms with Gasteiger partial charge >= 0.3 is 0 Å². The molecule has 1 aromatic carbocycles. The van der Waals surface area contributed by atoms with E-state index in [0.29, 0.717) is 5.76 Å². The summed E-state index contributed by atoms with van der Waals surface area (Å²) in [6.07, 6.45) is 1.82. The Morgan fingerprint density at radius 2 is 1.84 bits per heavy atom. The predicted molar refractivity (Wildman–Crippen MR) is 78.4 cm³/mol. The summed E-state index contributed by atoms with van der Waals surface area (Å²) in [6, 6.07) is 6.57. The third-order valence-corrected chi connectivity index (χ3v) is 3.62. The van der Waals surface area contributed by atoms with Gasteiger partial charge in [-0.15, -0.1) is 0 Å². The van der Waals surface area contributed by atoms with Crippen molar-refractivity contribution in [2.45, 2.75) is 52.9 Å². The quantitative estimate of drug-likeness (QED) is 0.778. The van der Waals surface area contributed by atoms with E-state index in [4.69, 9.17) is 4.42 Å². The summed E-state index contributed by atoms with van der Waals surface area (Å²) in [5, 5.41) is 10.3. The summed E-state index contributed by atoms with van der Waals surface area (Å²) < 4.78 is 5.84. The lowest BCUT2D eigenvalue weighted by molar-refractivity contribution is 0.550. The van der Waals surface area contributed by atoms with E-state index in [1.165, 1.54) is 11.1 Å². The van der Waals surface area contributed by atoms with Gasteiger partial charge in [0, 0.05) is 16.5 Å². The van der Waals surface area contributed by atoms with Crippen LogP contribution in [0.3, 0.4) is 0 Å². The Kier molecular flexibility index (Phi) is 3.41. The van der Waals surface area contributed by atoms with Gasteiger partial charge in [-0.1, -0.05) is 40.7 Å². The second-order valence-electron chi connectivity index (χ2n) is 6.00. The number of nitriles is 1. The maximum Gasteiger partial charge on any atom is 0.207 e. The number of rotatable bonds is 2. The van der Waals surface area contributed by atoms with Crippen molar-refractivity contribution >= 4 is 11.0 Å². The summed E-state index contributed by atoms with van der Waals surface area (Å²) >= 11 is 0. The first-order chi connectivity index (χ1) is 8.92. The highest BCUT2D eigenvalue weighted by atomic mass is 16.3. The minimum atomic E-state index is 0.0129. The zero-order valence-corrected chi connectivity index (χ0v) is 12.4. The summed E-state index contributed by atoms with van der Waals surface area (Å²) in [6.45, 7) is 10.8. The first-order valence-electron chi connectivity index (χ1n) is 6.91. The van der Waals surface area contributed by atoms with Gasteiger partial charge in [0.05, 0.1) is 0 Å². The zero-order chi connectivity index (χ0) is 14.2. The number of hydrogen-bond donors (Lipinski definition) is 0. The molecule has 0 aliphatic rings. The number of aryl methyl sites for hydroxylation is 2. The Morgan fingerprint density at radius 3 is 2.32 bits per heavy atom. The van der Waals surface area contributed by atoms with E-state index < -0.39 is 0 Å². The SMILES string of the molecule is CCc1cc(C(C)(C)C)c2oc(C#N)c(CC)c2c1. The average molecular weight is 255 g/mol. The van der Waals surface area contributed by atoms with Gasteiger partial charge in [-0.3, -0.25) is 0 Å². The van der Waals surface area contributed by atoms with E-state index in [-0.39, 0.29) is 5.41 Å². The fourth-order valence-electron chi connectivity index (χ4n) is 2.51. The number of fused-ring (bicyclic) bond motifs is 1. The smallest absolute Gasteiger partial charge is 0.207 e. The van der Waals surface area contributed by atoms with Gasteiger partial charge in [0.1, 0.15) is 11.7 Å². The molecule has 0 spiro atoms. The molecule has 2 rings (SSSR count). The lowest BCUT2D eigenvalue weighted by Crippen LogP contribution is -2.12. The Morgan fingerprint density at radius 1 is 1.16 bits per heavy atom. The molecule has 0 bridgehead atoms. The van der Waals surface area contributed by atoms with Crippen LogP contribution >= 0.6 is 0 Å². The number of nitrogens with zero attached hydrogens (tertiary/aromatic N) is 1. The first-order valence-corrected chi connectivity index (χ1v) is 6.91. The summed E-state index contributed by atoms with van der Waals surface area (Å²) in [5.41, 5.74) is 4.44. The normalized spacial score (nSPS) is 11.8. The molecule has 0 aliphatic carbocycles. The number of hydrogen-bond acceptors (Lipinski definition) is 2. The van der Waals surface area contributed by atoms with Gasteiger partial charge < -0.3 is 4.42 Å². The zero-order valence-electron chi connectivity index (χ0n) is 12.4. The summed E-state index contributed by atoms with van der Waals surface area (Å²) in [4.78, 5) is 0. The van der Waals surface area contributed by atoms with Gasteiger partial charge in [-0.25, -0.2) is 0 Å². The summed E-state index contributed by atoms with van der Waals surface area (Å²) in [5.74, 6) is 0.469. The third-order valence-electron chi connectivity index (χ3n) is 3.62. The standard InChI is InChI=1S/C17H21NO/c1-6-11-8-13-12(7-2)15(10-18)19-16(13)14(9-11)17(3,4)5/h8-9H,6-7H2,1-5H3. The molecule has 2 nitrogen and oxygen atoms in total. The van der Waals surface area contributed by atoms with Gasteiger partial charge in [-0.2, -0.15) is 5.26 Å². The van der Waals surface area contributed by atoms with Crippen LogP contribution in [-0.4, -0.2) is 0 Å². The minimum Gasteiger partial charge on any atom is -0.445 e. The maximum absolute atomic E-state index is 9.23. The molecule has 2 aromatic rings. The second kappa shape index (κ2) is 4.74. The highest BCUT2D eigenvalue weighted by molar-refractivity contribution is 5.87. The lowest BCUT2D eigenvalue weighted by atomic mass is 9.84. The molecule has 0 aliphatic heterocycles.